The third kappa shape index (κ3) is 9.54. The molecule has 1 unspecified atom stereocenters. The molecular formula is C35H39F6N5O5. The Morgan fingerprint density at radius 1 is 1.04 bits per heavy atom. The molecule has 1 N–H and O–H groups in total. The number of halogens is 6. The van der Waals surface area contributed by atoms with Gasteiger partial charge in [0.15, 0.2) is 5.69 Å². The van der Waals surface area contributed by atoms with E-state index in [1.807, 2.05) is 0 Å². The van der Waals surface area contributed by atoms with E-state index in [-0.39, 0.29) is 24.8 Å². The van der Waals surface area contributed by atoms with Gasteiger partial charge in [0, 0.05) is 18.9 Å². The fourth-order valence-corrected chi connectivity index (χ4v) is 5.19. The van der Waals surface area contributed by atoms with Crippen LogP contribution in [0.15, 0.2) is 66.1 Å². The van der Waals surface area contributed by atoms with Gasteiger partial charge < -0.3 is 18.8 Å². The number of nitrogens with zero attached hydrogens (tertiary/aromatic N) is 4. The van der Waals surface area contributed by atoms with E-state index in [1.165, 1.54) is 31.7 Å². The van der Waals surface area contributed by atoms with Crippen LogP contribution in [0.2, 0.25) is 0 Å². The van der Waals surface area contributed by atoms with Crippen LogP contribution in [-0.4, -0.2) is 50.4 Å². The zero-order chi connectivity index (χ0) is 37.6. The summed E-state index contributed by atoms with van der Waals surface area (Å²) in [6, 6.07) is 8.52. The van der Waals surface area contributed by atoms with Gasteiger partial charge in [-0.15, -0.1) is 23.4 Å². The summed E-state index contributed by atoms with van der Waals surface area (Å²) in [6.07, 6.45) is -7.58. The van der Waals surface area contributed by atoms with Crippen molar-refractivity contribution in [2.24, 2.45) is 5.92 Å². The van der Waals surface area contributed by atoms with Crippen molar-refractivity contribution in [3.05, 3.63) is 84.4 Å². The Kier molecular flexibility index (Phi) is 12.0. The average molecular weight is 724 g/mol. The summed E-state index contributed by atoms with van der Waals surface area (Å²) in [5, 5.41) is 9.54. The van der Waals surface area contributed by atoms with E-state index in [2.05, 4.69) is 33.7 Å². The number of nitrogens with one attached hydrogen (secondary N) is 1. The normalized spacial score (nSPS) is 15.0. The minimum absolute atomic E-state index is 0.0319. The predicted octanol–water partition coefficient (Wildman–Crippen LogP) is 8.75. The molecule has 10 nitrogen and oxygen atoms in total. The second kappa shape index (κ2) is 15.7. The number of rotatable bonds is 14. The van der Waals surface area contributed by atoms with Crippen LogP contribution in [0.1, 0.15) is 75.6 Å². The zero-order valence-electron chi connectivity index (χ0n) is 28.4. The number of pyridine rings is 1. The molecule has 51 heavy (non-hydrogen) atoms. The van der Waals surface area contributed by atoms with Gasteiger partial charge in [0.05, 0.1) is 30.1 Å². The van der Waals surface area contributed by atoms with E-state index in [4.69, 9.17) is 13.9 Å². The number of hydrogen-bond donors (Lipinski definition) is 1. The number of amides is 2. The molecule has 0 spiro atoms. The first-order chi connectivity index (χ1) is 23.9. The summed E-state index contributed by atoms with van der Waals surface area (Å²) in [5.74, 6) is -2.59. The number of alkyl halides is 6. The molecule has 0 saturated heterocycles. The van der Waals surface area contributed by atoms with Crippen molar-refractivity contribution in [1.82, 2.24) is 20.1 Å². The molecule has 0 radical (unpaired) electrons. The molecule has 3 aromatic rings. The van der Waals surface area contributed by atoms with Crippen LogP contribution in [0, 0.1) is 5.92 Å². The summed E-state index contributed by atoms with van der Waals surface area (Å²) in [7, 11) is 0. The Morgan fingerprint density at radius 2 is 1.73 bits per heavy atom. The molecule has 1 fully saturated rings. The third-order valence-electron chi connectivity index (χ3n) is 7.94. The first-order valence-electron chi connectivity index (χ1n) is 16.1. The van der Waals surface area contributed by atoms with Gasteiger partial charge in [0.25, 0.3) is 11.8 Å². The van der Waals surface area contributed by atoms with E-state index in [9.17, 15) is 35.9 Å². The number of benzene rings is 1. The van der Waals surface area contributed by atoms with Crippen molar-refractivity contribution in [1.29, 1.82) is 0 Å². The fourth-order valence-electron chi connectivity index (χ4n) is 5.19. The molecule has 1 atom stereocenters. The minimum atomic E-state index is -5.15. The molecule has 16 heteroatoms. The smallest absolute Gasteiger partial charge is 0.426 e. The zero-order valence-corrected chi connectivity index (χ0v) is 28.4. The summed E-state index contributed by atoms with van der Waals surface area (Å²) < 4.78 is 105. The maximum Gasteiger partial charge on any atom is 0.426 e. The maximum atomic E-state index is 14.9. The van der Waals surface area contributed by atoms with Crippen LogP contribution in [0.3, 0.4) is 0 Å². The highest BCUT2D eigenvalue weighted by molar-refractivity contribution is 5.89. The lowest BCUT2D eigenvalue weighted by Crippen LogP contribution is -2.45. The molecule has 0 aliphatic heterocycles. The lowest BCUT2D eigenvalue weighted by Gasteiger charge is -2.32. The molecule has 2 amide bonds. The van der Waals surface area contributed by atoms with E-state index in [1.54, 1.807) is 30.3 Å². The molecule has 1 aliphatic carbocycles. The van der Waals surface area contributed by atoms with E-state index in [0.29, 0.717) is 24.5 Å². The number of anilines is 1. The first kappa shape index (κ1) is 39.1. The van der Waals surface area contributed by atoms with Crippen molar-refractivity contribution >= 4 is 17.7 Å². The summed E-state index contributed by atoms with van der Waals surface area (Å²) in [4.78, 5) is 31.4. The quantitative estimate of drug-likeness (QED) is 0.130. The Hall–Kier alpha value is -4.73. The third-order valence-corrected chi connectivity index (χ3v) is 7.94. The van der Waals surface area contributed by atoms with Gasteiger partial charge in [-0.2, -0.15) is 26.3 Å². The van der Waals surface area contributed by atoms with E-state index < -0.39 is 83.6 Å². The molecule has 2 heterocycles. The summed E-state index contributed by atoms with van der Waals surface area (Å²) in [5.41, 5.74) is -7.14. The highest BCUT2D eigenvalue weighted by Gasteiger charge is 2.61. The van der Waals surface area contributed by atoms with Crippen LogP contribution < -0.4 is 5.32 Å². The molecular weight excluding hydrogens is 684 g/mol. The average Bonchev–Trinajstić information content (AvgIpc) is 3.49. The highest BCUT2D eigenvalue weighted by Crippen LogP contribution is 2.46. The van der Waals surface area contributed by atoms with Crippen molar-refractivity contribution < 1.29 is 49.8 Å². The first-order valence-corrected chi connectivity index (χ1v) is 16.1. The second-order valence-electron chi connectivity index (χ2n) is 13.0. The number of carbonyl (C=O) groups excluding carboxylic acids is 2. The molecule has 4 rings (SSSR count). The van der Waals surface area contributed by atoms with Crippen molar-refractivity contribution in [3.8, 4) is 11.6 Å². The van der Waals surface area contributed by atoms with Crippen molar-refractivity contribution in [2.75, 3.05) is 11.9 Å². The van der Waals surface area contributed by atoms with Gasteiger partial charge in [-0.1, -0.05) is 48.9 Å². The molecule has 1 aromatic carbocycles. The van der Waals surface area contributed by atoms with Crippen molar-refractivity contribution in [2.45, 2.75) is 89.6 Å². The monoisotopic (exact) mass is 723 g/mol. The second-order valence-corrected chi connectivity index (χ2v) is 13.0. The van der Waals surface area contributed by atoms with Crippen LogP contribution in [0.25, 0.3) is 11.6 Å². The van der Waals surface area contributed by atoms with Gasteiger partial charge in [-0.05, 0) is 51.7 Å². The molecule has 2 aromatic heterocycles. The highest BCUT2D eigenvalue weighted by atomic mass is 19.4. The molecule has 1 aliphatic rings. The van der Waals surface area contributed by atoms with Gasteiger partial charge in [0.2, 0.25) is 11.5 Å². The van der Waals surface area contributed by atoms with Crippen LogP contribution in [-0.2, 0) is 39.2 Å². The summed E-state index contributed by atoms with van der Waals surface area (Å²) >= 11 is 0. The Bertz CT molecular complexity index is 1700. The fraction of sp³-hybridized carbons (Fsp3) is 0.457. The van der Waals surface area contributed by atoms with E-state index in [0.717, 1.165) is 12.5 Å². The van der Waals surface area contributed by atoms with Gasteiger partial charge in [-0.3, -0.25) is 10.1 Å². The van der Waals surface area contributed by atoms with Gasteiger partial charge in [0.1, 0.15) is 5.60 Å². The number of aromatic nitrogens is 3. The molecule has 276 valence electrons. The lowest BCUT2D eigenvalue weighted by atomic mass is 9.84. The molecule has 0 bridgehead atoms. The molecule has 1 saturated carbocycles. The van der Waals surface area contributed by atoms with Gasteiger partial charge in [-0.25, -0.2) is 9.78 Å². The standard InChI is InChI=1S/C35H39F6N5O5/c1-6-8-18-46(29(47)23-15-12-16-23)20-26-24(34(36,37)38)19-25(43-31(48)51-32(3,4)5)27(42-26)28-44-45-30(50-28)33(17-7-2,35(39,40)41)49-21-22-13-10-9-11-14-22/h6-7,9-11,13-14,19,23H,1-2,8,12,15-18,20-21H2,3-5H3,(H,43,48). The number of ether oxygens (including phenoxy) is 2. The Morgan fingerprint density at radius 3 is 2.27 bits per heavy atom. The Labute approximate surface area is 290 Å². The lowest BCUT2D eigenvalue weighted by molar-refractivity contribution is -0.295. The SMILES string of the molecule is C=CCCN(Cc1nc(-c2nnc(C(CC=C)(OCc3ccccc3)C(F)(F)F)o2)c(NC(=O)OC(C)(C)C)cc1C(F)(F)F)C(=O)C1CCC1. The Balaban J connectivity index is 1.88. The van der Waals surface area contributed by atoms with Gasteiger partial charge >= 0.3 is 18.4 Å². The number of hydrogen-bond acceptors (Lipinski definition) is 8. The van der Waals surface area contributed by atoms with Crippen LogP contribution in [0.4, 0.5) is 36.8 Å². The summed E-state index contributed by atoms with van der Waals surface area (Å²) in [6.45, 7) is 10.5. The maximum absolute atomic E-state index is 14.9. The largest absolute Gasteiger partial charge is 0.444 e. The van der Waals surface area contributed by atoms with E-state index >= 15 is 0 Å². The number of carbonyl (C=O) groups is 2. The minimum Gasteiger partial charge on any atom is -0.444 e. The topological polar surface area (TPSA) is 120 Å². The van der Waals surface area contributed by atoms with Crippen LogP contribution >= 0.6 is 0 Å². The predicted molar refractivity (Wildman–Crippen MR) is 174 cm³/mol. The van der Waals surface area contributed by atoms with Crippen LogP contribution in [0.5, 0.6) is 0 Å². The van der Waals surface area contributed by atoms with Crippen molar-refractivity contribution in [3.63, 3.8) is 0 Å².